The second-order valence-electron chi connectivity index (χ2n) is 3.71. The number of nitrogens with zero attached hydrogens (tertiary/aromatic N) is 2. The fraction of sp³-hybridized carbons (Fsp3) is 0.182. The fourth-order valence-electron chi connectivity index (χ4n) is 1.45. The highest BCUT2D eigenvalue weighted by molar-refractivity contribution is 5.56. The predicted molar refractivity (Wildman–Crippen MR) is 57.8 cm³/mol. The van der Waals surface area contributed by atoms with Gasteiger partial charge in [-0.1, -0.05) is 0 Å². The van der Waals surface area contributed by atoms with Gasteiger partial charge < -0.3 is 4.98 Å². The van der Waals surface area contributed by atoms with Crippen LogP contribution in [0.4, 0.5) is 13.2 Å². The van der Waals surface area contributed by atoms with Gasteiger partial charge in [-0.2, -0.15) is 13.2 Å². The molecule has 2 aromatic heterocycles. The van der Waals surface area contributed by atoms with E-state index in [4.69, 9.17) is 0 Å². The third kappa shape index (κ3) is 2.55. The smallest absolute Gasteiger partial charge is 0.358 e. The lowest BCUT2D eigenvalue weighted by molar-refractivity contribution is -0.144. The number of H-pyrrole nitrogens is 1. The van der Waals surface area contributed by atoms with Crippen molar-refractivity contribution < 1.29 is 13.2 Å². The zero-order valence-electron chi connectivity index (χ0n) is 9.25. The molecule has 0 atom stereocenters. The Balaban J connectivity index is 2.43. The van der Waals surface area contributed by atoms with Crippen LogP contribution < -0.4 is 5.43 Å². The molecule has 4 nitrogen and oxygen atoms in total. The van der Waals surface area contributed by atoms with E-state index in [1.54, 1.807) is 6.92 Å². The lowest BCUT2D eigenvalue weighted by Crippen LogP contribution is -2.10. The maximum atomic E-state index is 12.3. The number of aromatic nitrogens is 3. The van der Waals surface area contributed by atoms with Crippen LogP contribution in [-0.4, -0.2) is 15.0 Å². The van der Waals surface area contributed by atoms with Gasteiger partial charge in [-0.15, -0.1) is 0 Å². The van der Waals surface area contributed by atoms with E-state index in [1.165, 1.54) is 12.1 Å². The molecule has 0 saturated heterocycles. The quantitative estimate of drug-likeness (QED) is 0.849. The maximum Gasteiger partial charge on any atom is 0.451 e. The van der Waals surface area contributed by atoms with Crippen LogP contribution >= 0.6 is 0 Å². The van der Waals surface area contributed by atoms with Gasteiger partial charge in [0.1, 0.15) is 0 Å². The molecule has 0 aliphatic heterocycles. The predicted octanol–water partition coefficient (Wildman–Crippen LogP) is 2.16. The standard InChI is InChI=1S/C11H8F3N3O/c1-6-2-8(18)3-9(17-6)7-4-15-10(16-5-7)11(12,13)14/h2-5H,1H3,(H,17,18). The first-order chi connectivity index (χ1) is 8.36. The van der Waals surface area contributed by atoms with Gasteiger partial charge in [-0.25, -0.2) is 9.97 Å². The topological polar surface area (TPSA) is 58.6 Å². The lowest BCUT2D eigenvalue weighted by atomic mass is 10.2. The van der Waals surface area contributed by atoms with Crippen molar-refractivity contribution in [2.75, 3.05) is 0 Å². The molecule has 2 aromatic rings. The second-order valence-corrected chi connectivity index (χ2v) is 3.71. The summed E-state index contributed by atoms with van der Waals surface area (Å²) in [5.74, 6) is -1.21. The third-order valence-electron chi connectivity index (χ3n) is 2.19. The summed E-state index contributed by atoms with van der Waals surface area (Å²) in [6.45, 7) is 1.68. The minimum Gasteiger partial charge on any atom is -0.358 e. The van der Waals surface area contributed by atoms with Crippen LogP contribution in [0, 0.1) is 6.92 Å². The Morgan fingerprint density at radius 2 is 1.78 bits per heavy atom. The molecule has 0 aliphatic rings. The third-order valence-corrected chi connectivity index (χ3v) is 2.19. The van der Waals surface area contributed by atoms with E-state index >= 15 is 0 Å². The zero-order chi connectivity index (χ0) is 13.3. The van der Waals surface area contributed by atoms with E-state index in [9.17, 15) is 18.0 Å². The van der Waals surface area contributed by atoms with Crippen molar-refractivity contribution in [3.8, 4) is 11.3 Å². The Morgan fingerprint density at radius 1 is 1.17 bits per heavy atom. The SMILES string of the molecule is Cc1cc(=O)cc(-c2cnc(C(F)(F)F)nc2)[nH]1. The minimum absolute atomic E-state index is 0.235. The second kappa shape index (κ2) is 4.25. The zero-order valence-corrected chi connectivity index (χ0v) is 9.25. The molecule has 7 heteroatoms. The first-order valence-electron chi connectivity index (χ1n) is 4.97. The molecular formula is C11H8F3N3O. The van der Waals surface area contributed by atoms with E-state index in [2.05, 4.69) is 15.0 Å². The van der Waals surface area contributed by atoms with Crippen molar-refractivity contribution in [1.82, 2.24) is 15.0 Å². The van der Waals surface area contributed by atoms with E-state index in [1.807, 2.05) is 0 Å². The van der Waals surface area contributed by atoms with Crippen molar-refractivity contribution in [2.45, 2.75) is 13.1 Å². The van der Waals surface area contributed by atoms with Crippen molar-refractivity contribution in [3.05, 3.63) is 46.3 Å². The molecule has 0 radical (unpaired) electrons. The Morgan fingerprint density at radius 3 is 2.28 bits per heavy atom. The van der Waals surface area contributed by atoms with Crippen LogP contribution in [0.3, 0.4) is 0 Å². The summed E-state index contributed by atoms with van der Waals surface area (Å²) in [6.07, 6.45) is -2.51. The van der Waals surface area contributed by atoms with Crippen LogP contribution in [0.15, 0.2) is 29.3 Å². The molecule has 0 spiro atoms. The van der Waals surface area contributed by atoms with Crippen molar-refractivity contribution in [2.24, 2.45) is 0 Å². The molecule has 0 aromatic carbocycles. The highest BCUT2D eigenvalue weighted by Gasteiger charge is 2.34. The van der Waals surface area contributed by atoms with E-state index in [0.29, 0.717) is 17.0 Å². The molecule has 2 rings (SSSR count). The minimum atomic E-state index is -4.57. The highest BCUT2D eigenvalue weighted by Crippen LogP contribution is 2.26. The average molecular weight is 255 g/mol. The van der Waals surface area contributed by atoms with Gasteiger partial charge in [0.05, 0.1) is 5.69 Å². The Bertz CT molecular complexity index is 617. The number of rotatable bonds is 1. The van der Waals surface area contributed by atoms with E-state index < -0.39 is 12.0 Å². The van der Waals surface area contributed by atoms with Gasteiger partial charge >= 0.3 is 6.18 Å². The van der Waals surface area contributed by atoms with Gasteiger partial charge in [0.2, 0.25) is 5.82 Å². The summed E-state index contributed by atoms with van der Waals surface area (Å²) in [4.78, 5) is 20.6. The summed E-state index contributed by atoms with van der Waals surface area (Å²) < 4.78 is 36.8. The van der Waals surface area contributed by atoms with Crippen molar-refractivity contribution in [1.29, 1.82) is 0 Å². The van der Waals surface area contributed by atoms with Crippen LogP contribution in [0.1, 0.15) is 11.5 Å². The summed E-state index contributed by atoms with van der Waals surface area (Å²) >= 11 is 0. The van der Waals surface area contributed by atoms with Crippen LogP contribution in [-0.2, 0) is 6.18 Å². The van der Waals surface area contributed by atoms with Crippen molar-refractivity contribution in [3.63, 3.8) is 0 Å². The monoisotopic (exact) mass is 255 g/mol. The first-order valence-corrected chi connectivity index (χ1v) is 4.97. The largest absolute Gasteiger partial charge is 0.451 e. The lowest BCUT2D eigenvalue weighted by Gasteiger charge is -2.06. The molecular weight excluding hydrogens is 247 g/mol. The van der Waals surface area contributed by atoms with E-state index in [0.717, 1.165) is 12.4 Å². The Labute approximate surface area is 99.5 Å². The number of aromatic amines is 1. The number of hydrogen-bond donors (Lipinski definition) is 1. The van der Waals surface area contributed by atoms with Crippen LogP contribution in [0.2, 0.25) is 0 Å². The average Bonchev–Trinajstić information content (AvgIpc) is 2.27. The molecule has 1 N–H and O–H groups in total. The normalized spacial score (nSPS) is 11.6. The highest BCUT2D eigenvalue weighted by atomic mass is 19.4. The van der Waals surface area contributed by atoms with Gasteiger partial charge in [0.25, 0.3) is 0 Å². The molecule has 0 aliphatic carbocycles. The number of halogens is 3. The maximum absolute atomic E-state index is 12.3. The molecule has 94 valence electrons. The molecule has 0 saturated carbocycles. The van der Waals surface area contributed by atoms with Gasteiger partial charge in [0.15, 0.2) is 5.43 Å². The van der Waals surface area contributed by atoms with Gasteiger partial charge in [-0.3, -0.25) is 4.79 Å². The molecule has 18 heavy (non-hydrogen) atoms. The molecule has 2 heterocycles. The number of hydrogen-bond acceptors (Lipinski definition) is 3. The number of alkyl halides is 3. The van der Waals surface area contributed by atoms with Gasteiger partial charge in [0, 0.05) is 35.8 Å². The summed E-state index contributed by atoms with van der Waals surface area (Å²) in [7, 11) is 0. The van der Waals surface area contributed by atoms with Crippen molar-refractivity contribution >= 4 is 0 Å². The molecule has 0 bridgehead atoms. The van der Waals surface area contributed by atoms with Crippen LogP contribution in [0.5, 0.6) is 0 Å². The summed E-state index contributed by atoms with van der Waals surface area (Å²) in [5, 5.41) is 0. The summed E-state index contributed by atoms with van der Waals surface area (Å²) in [6, 6.07) is 2.66. The Hall–Kier alpha value is -2.18. The first kappa shape index (κ1) is 12.3. The number of pyridine rings is 1. The molecule has 0 amide bonds. The van der Waals surface area contributed by atoms with Crippen LogP contribution in [0.25, 0.3) is 11.3 Å². The fourth-order valence-corrected chi connectivity index (χ4v) is 1.45. The number of aryl methyl sites for hydroxylation is 1. The number of nitrogens with one attached hydrogen (secondary N) is 1. The molecule has 0 fully saturated rings. The van der Waals surface area contributed by atoms with E-state index in [-0.39, 0.29) is 5.43 Å². The van der Waals surface area contributed by atoms with Gasteiger partial charge in [-0.05, 0) is 6.92 Å². The molecule has 0 unspecified atom stereocenters. The Kier molecular flexibility index (Phi) is 2.90. The summed E-state index contributed by atoms with van der Waals surface area (Å²) in [5.41, 5.74) is 1.08.